The highest BCUT2D eigenvalue weighted by molar-refractivity contribution is 5.99. The van der Waals surface area contributed by atoms with Crippen molar-refractivity contribution in [3.63, 3.8) is 0 Å². The van der Waals surface area contributed by atoms with E-state index in [2.05, 4.69) is 31.1 Å². The van der Waals surface area contributed by atoms with Gasteiger partial charge in [0.15, 0.2) is 0 Å². The van der Waals surface area contributed by atoms with E-state index in [0.29, 0.717) is 17.4 Å². The number of nitrogens with one attached hydrogen (secondary N) is 1. The van der Waals surface area contributed by atoms with Crippen molar-refractivity contribution in [2.24, 2.45) is 11.8 Å². The smallest absolute Gasteiger partial charge is 0.257 e. The summed E-state index contributed by atoms with van der Waals surface area (Å²) in [6, 6.07) is 1.97. The first-order valence-electron chi connectivity index (χ1n) is 8.02. The normalized spacial score (nSPS) is 22.2. The molecule has 1 fully saturated rings. The highest BCUT2D eigenvalue weighted by atomic mass is 16.2. The minimum absolute atomic E-state index is 0.111. The van der Waals surface area contributed by atoms with E-state index < -0.39 is 0 Å². The van der Waals surface area contributed by atoms with Gasteiger partial charge in [-0.2, -0.15) is 0 Å². The molecule has 0 radical (unpaired) electrons. The minimum atomic E-state index is 0.111. The number of hydrogen-bond donors (Lipinski definition) is 1. The Bertz CT molecular complexity index is 501. The standard InChI is InChI=1S/C17H27N3O/c1-5-7-18-16-9-14(4)19-10-15(16)17(21)20-8-6-12(2)13(3)11-20/h9-10,12-13H,5-8,11H2,1-4H3,(H,18,19). The molecule has 1 N–H and O–H groups in total. The van der Waals surface area contributed by atoms with Gasteiger partial charge in [0.2, 0.25) is 0 Å². The molecule has 0 aliphatic carbocycles. The molecule has 1 saturated heterocycles. The molecule has 1 aliphatic rings. The van der Waals surface area contributed by atoms with Crippen molar-refractivity contribution in [2.45, 2.75) is 40.5 Å². The Morgan fingerprint density at radius 3 is 2.86 bits per heavy atom. The molecule has 116 valence electrons. The molecule has 2 heterocycles. The average Bonchev–Trinajstić information content (AvgIpc) is 2.47. The Kier molecular flexibility index (Phi) is 5.21. The maximum atomic E-state index is 12.8. The van der Waals surface area contributed by atoms with Crippen LogP contribution in [0.15, 0.2) is 12.3 Å². The van der Waals surface area contributed by atoms with Crippen LogP contribution in [0.25, 0.3) is 0 Å². The number of amides is 1. The number of aryl methyl sites for hydroxylation is 1. The fourth-order valence-electron chi connectivity index (χ4n) is 2.75. The maximum absolute atomic E-state index is 12.8. The van der Waals surface area contributed by atoms with E-state index in [1.165, 1.54) is 0 Å². The van der Waals surface area contributed by atoms with Gasteiger partial charge in [0, 0.05) is 31.5 Å². The first-order chi connectivity index (χ1) is 10.0. The third-order valence-corrected chi connectivity index (χ3v) is 4.46. The molecule has 2 unspecified atom stereocenters. The molecule has 1 amide bonds. The first-order valence-corrected chi connectivity index (χ1v) is 8.02. The lowest BCUT2D eigenvalue weighted by molar-refractivity contribution is 0.0628. The summed E-state index contributed by atoms with van der Waals surface area (Å²) < 4.78 is 0. The second-order valence-corrected chi connectivity index (χ2v) is 6.29. The van der Waals surface area contributed by atoms with Gasteiger partial charge in [-0.1, -0.05) is 20.8 Å². The topological polar surface area (TPSA) is 45.2 Å². The zero-order valence-corrected chi connectivity index (χ0v) is 13.6. The number of piperidine rings is 1. The highest BCUT2D eigenvalue weighted by Gasteiger charge is 2.27. The van der Waals surface area contributed by atoms with Crippen molar-refractivity contribution in [1.82, 2.24) is 9.88 Å². The number of carbonyl (C=O) groups excluding carboxylic acids is 1. The third-order valence-electron chi connectivity index (χ3n) is 4.46. The van der Waals surface area contributed by atoms with Crippen molar-refractivity contribution in [3.8, 4) is 0 Å². The van der Waals surface area contributed by atoms with Gasteiger partial charge in [-0.3, -0.25) is 9.78 Å². The van der Waals surface area contributed by atoms with Crippen LogP contribution in [0.3, 0.4) is 0 Å². The van der Waals surface area contributed by atoms with Crippen molar-refractivity contribution >= 4 is 11.6 Å². The van der Waals surface area contributed by atoms with Gasteiger partial charge in [-0.15, -0.1) is 0 Å². The van der Waals surface area contributed by atoms with E-state index in [-0.39, 0.29) is 5.91 Å². The van der Waals surface area contributed by atoms with Crippen LogP contribution in [0.2, 0.25) is 0 Å². The summed E-state index contributed by atoms with van der Waals surface area (Å²) in [7, 11) is 0. The van der Waals surface area contributed by atoms with Crippen LogP contribution in [0.1, 0.15) is 49.7 Å². The lowest BCUT2D eigenvalue weighted by Gasteiger charge is -2.35. The molecule has 0 aromatic carbocycles. The zero-order valence-electron chi connectivity index (χ0n) is 13.6. The van der Waals surface area contributed by atoms with Crippen molar-refractivity contribution in [1.29, 1.82) is 0 Å². The summed E-state index contributed by atoms with van der Waals surface area (Å²) >= 11 is 0. The van der Waals surface area contributed by atoms with Crippen LogP contribution in [-0.2, 0) is 0 Å². The van der Waals surface area contributed by atoms with Crippen LogP contribution in [0, 0.1) is 18.8 Å². The monoisotopic (exact) mass is 289 g/mol. The summed E-state index contributed by atoms with van der Waals surface area (Å²) in [4.78, 5) is 19.1. The molecule has 4 nitrogen and oxygen atoms in total. The Balaban J connectivity index is 2.18. The highest BCUT2D eigenvalue weighted by Crippen LogP contribution is 2.25. The summed E-state index contributed by atoms with van der Waals surface area (Å²) in [5.74, 6) is 1.37. The Hall–Kier alpha value is -1.58. The Labute approximate surface area is 127 Å². The Morgan fingerprint density at radius 2 is 2.19 bits per heavy atom. The number of carbonyl (C=O) groups is 1. The molecule has 1 aromatic heterocycles. The number of nitrogens with zero attached hydrogens (tertiary/aromatic N) is 2. The summed E-state index contributed by atoms with van der Waals surface area (Å²) in [5, 5.41) is 3.36. The Morgan fingerprint density at radius 1 is 1.43 bits per heavy atom. The lowest BCUT2D eigenvalue weighted by atomic mass is 9.88. The number of rotatable bonds is 4. The number of pyridine rings is 1. The number of anilines is 1. The molecular formula is C17H27N3O. The van der Waals surface area contributed by atoms with Crippen LogP contribution in [0.5, 0.6) is 0 Å². The van der Waals surface area contributed by atoms with E-state index >= 15 is 0 Å². The molecule has 0 spiro atoms. The first kappa shape index (κ1) is 15.8. The van der Waals surface area contributed by atoms with Gasteiger partial charge >= 0.3 is 0 Å². The molecule has 21 heavy (non-hydrogen) atoms. The van der Waals surface area contributed by atoms with Crippen LogP contribution in [-0.4, -0.2) is 35.4 Å². The summed E-state index contributed by atoms with van der Waals surface area (Å²) in [6.07, 6.45) is 3.84. The van der Waals surface area contributed by atoms with Gasteiger partial charge < -0.3 is 10.2 Å². The SMILES string of the molecule is CCCNc1cc(C)ncc1C(=O)N1CCC(C)C(C)C1. The summed E-state index contributed by atoms with van der Waals surface area (Å²) in [5.41, 5.74) is 2.56. The average molecular weight is 289 g/mol. The van der Waals surface area contributed by atoms with Gasteiger partial charge in [-0.25, -0.2) is 0 Å². The second kappa shape index (κ2) is 6.92. The molecule has 2 rings (SSSR count). The van der Waals surface area contributed by atoms with Gasteiger partial charge in [0.1, 0.15) is 0 Å². The fourth-order valence-corrected chi connectivity index (χ4v) is 2.75. The minimum Gasteiger partial charge on any atom is -0.384 e. The van der Waals surface area contributed by atoms with Crippen LogP contribution >= 0.6 is 0 Å². The largest absolute Gasteiger partial charge is 0.384 e. The predicted octanol–water partition coefficient (Wildman–Crippen LogP) is 3.33. The van der Waals surface area contributed by atoms with E-state index in [0.717, 1.165) is 43.9 Å². The molecular weight excluding hydrogens is 262 g/mol. The maximum Gasteiger partial charge on any atom is 0.257 e. The van der Waals surface area contributed by atoms with Gasteiger partial charge in [-0.05, 0) is 37.7 Å². The molecule has 0 bridgehead atoms. The third kappa shape index (κ3) is 3.74. The predicted molar refractivity (Wildman–Crippen MR) is 86.6 cm³/mol. The quantitative estimate of drug-likeness (QED) is 0.924. The second-order valence-electron chi connectivity index (χ2n) is 6.29. The molecule has 4 heteroatoms. The zero-order chi connectivity index (χ0) is 15.4. The number of hydrogen-bond acceptors (Lipinski definition) is 3. The van der Waals surface area contributed by atoms with Gasteiger partial charge in [0.05, 0.1) is 11.3 Å². The van der Waals surface area contributed by atoms with Crippen molar-refractivity contribution in [2.75, 3.05) is 25.0 Å². The van der Waals surface area contributed by atoms with E-state index in [1.807, 2.05) is 17.9 Å². The van der Waals surface area contributed by atoms with Crippen molar-refractivity contribution < 1.29 is 4.79 Å². The number of likely N-dealkylation sites (tertiary alicyclic amines) is 1. The number of aromatic nitrogens is 1. The van der Waals surface area contributed by atoms with E-state index in [4.69, 9.17) is 0 Å². The van der Waals surface area contributed by atoms with E-state index in [1.54, 1.807) is 6.20 Å². The van der Waals surface area contributed by atoms with Gasteiger partial charge in [0.25, 0.3) is 5.91 Å². The fraction of sp³-hybridized carbons (Fsp3) is 0.647. The molecule has 1 aromatic rings. The van der Waals surface area contributed by atoms with Crippen LogP contribution in [0.4, 0.5) is 5.69 Å². The molecule has 2 atom stereocenters. The molecule has 0 saturated carbocycles. The lowest BCUT2D eigenvalue weighted by Crippen LogP contribution is -2.42. The molecule has 1 aliphatic heterocycles. The van der Waals surface area contributed by atoms with E-state index in [9.17, 15) is 4.79 Å². The van der Waals surface area contributed by atoms with Crippen molar-refractivity contribution in [3.05, 3.63) is 23.5 Å². The van der Waals surface area contributed by atoms with Crippen LogP contribution < -0.4 is 5.32 Å². The summed E-state index contributed by atoms with van der Waals surface area (Å²) in [6.45, 7) is 11.2.